The third-order valence-corrected chi connectivity index (χ3v) is 7.89. The van der Waals surface area contributed by atoms with Gasteiger partial charge in [0, 0.05) is 51.1 Å². The molecule has 172 valence electrons. The molecule has 0 fully saturated rings. The molecule has 0 unspecified atom stereocenters. The van der Waals surface area contributed by atoms with E-state index in [0.717, 1.165) is 49.0 Å². The van der Waals surface area contributed by atoms with Gasteiger partial charge >= 0.3 is 0 Å². The van der Waals surface area contributed by atoms with E-state index in [1.165, 1.54) is 23.2 Å². The Kier molecular flexibility index (Phi) is 5.60. The van der Waals surface area contributed by atoms with Gasteiger partial charge in [-0.25, -0.2) is 4.98 Å². The van der Waals surface area contributed by atoms with Crippen molar-refractivity contribution in [2.45, 2.75) is 11.4 Å². The number of anilines is 1. The van der Waals surface area contributed by atoms with E-state index in [1.807, 2.05) is 55.8 Å². The lowest BCUT2D eigenvalue weighted by Crippen LogP contribution is -2.17. The Morgan fingerprint density at radius 3 is 2.51 bits per heavy atom. The van der Waals surface area contributed by atoms with Gasteiger partial charge in [-0.05, 0) is 65.5 Å². The molecular weight excluding hydrogens is 476 g/mol. The van der Waals surface area contributed by atoms with E-state index in [0.29, 0.717) is 6.54 Å². The Bertz CT molecular complexity index is 1510. The minimum absolute atomic E-state index is 0.0949. The Balaban J connectivity index is 1.16. The van der Waals surface area contributed by atoms with Crippen molar-refractivity contribution < 1.29 is 9.21 Å². The zero-order valence-corrected chi connectivity index (χ0v) is 20.4. The van der Waals surface area contributed by atoms with Crippen LogP contribution in [0.25, 0.3) is 32.2 Å². The number of carbonyl (C=O) groups excluding carboxylic acids is 1. The lowest BCUT2D eigenvalue weighted by molar-refractivity contribution is 0.0816. The Morgan fingerprint density at radius 2 is 1.71 bits per heavy atom. The highest BCUT2D eigenvalue weighted by atomic mass is 32.2. The van der Waals surface area contributed by atoms with Gasteiger partial charge in [0.05, 0.1) is 18.1 Å². The second kappa shape index (κ2) is 9.05. The number of thiophene rings is 1. The molecule has 1 aliphatic heterocycles. The quantitative estimate of drug-likeness (QED) is 0.260. The molecule has 6 nitrogen and oxygen atoms in total. The summed E-state index contributed by atoms with van der Waals surface area (Å²) in [6.07, 6.45) is 6.84. The summed E-state index contributed by atoms with van der Waals surface area (Å²) in [6.45, 7) is 0.665. The standard InChI is InChI=1S/C27H20N4O2S2/c1-31-15-20-10-18(4-7-23(20)27(31)32)25-8-9-26(34-25)19-11-21(13-28-12-19)30-35-22-5-2-17(3-6-22)24-14-29-16-33-24/h2-14,16,30H,15H2,1H3. The van der Waals surface area contributed by atoms with Gasteiger partial charge in [0.1, 0.15) is 0 Å². The number of rotatable bonds is 6. The van der Waals surface area contributed by atoms with Crippen LogP contribution in [0.1, 0.15) is 15.9 Å². The number of oxazole rings is 1. The van der Waals surface area contributed by atoms with E-state index < -0.39 is 0 Å². The third kappa shape index (κ3) is 4.34. The molecule has 6 rings (SSSR count). The van der Waals surface area contributed by atoms with Crippen LogP contribution in [-0.2, 0) is 6.54 Å². The summed E-state index contributed by atoms with van der Waals surface area (Å²) in [4.78, 5) is 25.7. The Labute approximate surface area is 210 Å². The fraction of sp³-hybridized carbons (Fsp3) is 0.0741. The highest BCUT2D eigenvalue weighted by Gasteiger charge is 2.24. The SMILES string of the molecule is CN1Cc2cc(-c3ccc(-c4cncc(NSc5ccc(-c6cnco6)cc5)c4)s3)ccc2C1=O. The van der Waals surface area contributed by atoms with Crippen LogP contribution in [0.15, 0.2) is 95.0 Å². The lowest BCUT2D eigenvalue weighted by atomic mass is 10.1. The van der Waals surface area contributed by atoms with Crippen molar-refractivity contribution >= 4 is 34.9 Å². The second-order valence-corrected chi connectivity index (χ2v) is 10.2. The molecule has 0 atom stereocenters. The van der Waals surface area contributed by atoms with E-state index in [-0.39, 0.29) is 5.91 Å². The molecule has 8 heteroatoms. The smallest absolute Gasteiger partial charge is 0.254 e. The summed E-state index contributed by atoms with van der Waals surface area (Å²) in [6, 6.07) is 20.6. The molecule has 1 aliphatic rings. The van der Waals surface area contributed by atoms with Gasteiger partial charge in [-0.3, -0.25) is 9.78 Å². The van der Waals surface area contributed by atoms with E-state index in [9.17, 15) is 4.79 Å². The minimum atomic E-state index is 0.0949. The van der Waals surface area contributed by atoms with Gasteiger partial charge < -0.3 is 14.0 Å². The monoisotopic (exact) mass is 496 g/mol. The number of nitrogens with one attached hydrogen (secondary N) is 1. The van der Waals surface area contributed by atoms with Gasteiger partial charge in [0.15, 0.2) is 12.2 Å². The Hall–Kier alpha value is -3.88. The maximum absolute atomic E-state index is 12.2. The van der Waals surface area contributed by atoms with Crippen LogP contribution in [0.5, 0.6) is 0 Å². The van der Waals surface area contributed by atoms with E-state index in [4.69, 9.17) is 4.42 Å². The maximum atomic E-state index is 12.2. The molecule has 5 aromatic rings. The molecule has 1 amide bonds. The van der Waals surface area contributed by atoms with Crippen LogP contribution in [0.4, 0.5) is 5.69 Å². The molecule has 0 radical (unpaired) electrons. The van der Waals surface area contributed by atoms with Crippen molar-refractivity contribution in [2.75, 3.05) is 11.8 Å². The number of fused-ring (bicyclic) bond motifs is 1. The summed E-state index contributed by atoms with van der Waals surface area (Å²) < 4.78 is 8.73. The highest BCUT2D eigenvalue weighted by molar-refractivity contribution is 8.00. The zero-order valence-electron chi connectivity index (χ0n) is 18.8. The number of hydrogen-bond donors (Lipinski definition) is 1. The number of carbonyl (C=O) groups is 1. The minimum Gasteiger partial charge on any atom is -0.444 e. The van der Waals surface area contributed by atoms with E-state index >= 15 is 0 Å². The van der Waals surface area contributed by atoms with E-state index in [2.05, 4.69) is 39.0 Å². The van der Waals surface area contributed by atoms with E-state index in [1.54, 1.807) is 22.4 Å². The molecule has 1 N–H and O–H groups in total. The van der Waals surface area contributed by atoms with Gasteiger partial charge in [0.2, 0.25) is 0 Å². The average molecular weight is 497 g/mol. The zero-order chi connectivity index (χ0) is 23.8. The van der Waals surface area contributed by atoms with Gasteiger partial charge in [-0.2, -0.15) is 0 Å². The van der Waals surface area contributed by atoms with Crippen LogP contribution >= 0.6 is 23.3 Å². The number of amides is 1. The number of pyridine rings is 1. The summed E-state index contributed by atoms with van der Waals surface area (Å²) in [5, 5.41) is 0. The van der Waals surface area contributed by atoms with Gasteiger partial charge in [-0.1, -0.05) is 18.2 Å². The number of hydrogen-bond acceptors (Lipinski definition) is 7. The molecule has 0 spiro atoms. The molecule has 0 saturated heterocycles. The summed E-state index contributed by atoms with van der Waals surface area (Å²) >= 11 is 3.26. The molecule has 0 bridgehead atoms. The van der Waals surface area contributed by atoms with Gasteiger partial charge in [0.25, 0.3) is 5.91 Å². The lowest BCUT2D eigenvalue weighted by Gasteiger charge is -2.07. The summed E-state index contributed by atoms with van der Waals surface area (Å²) in [7, 11) is 1.84. The van der Waals surface area contributed by atoms with Crippen molar-refractivity contribution in [1.82, 2.24) is 14.9 Å². The Morgan fingerprint density at radius 1 is 0.914 bits per heavy atom. The molecule has 0 aliphatic carbocycles. The molecule has 2 aromatic carbocycles. The second-order valence-electron chi connectivity index (χ2n) is 8.25. The number of aromatic nitrogens is 2. The summed E-state index contributed by atoms with van der Waals surface area (Å²) in [5.41, 5.74) is 6.01. The van der Waals surface area contributed by atoms with Crippen LogP contribution in [0.3, 0.4) is 0 Å². The average Bonchev–Trinajstić information content (AvgIpc) is 3.65. The molecule has 35 heavy (non-hydrogen) atoms. The molecule has 4 heterocycles. The predicted octanol–water partition coefficient (Wildman–Crippen LogP) is 6.84. The normalized spacial score (nSPS) is 12.7. The summed E-state index contributed by atoms with van der Waals surface area (Å²) in [5.74, 6) is 0.847. The number of benzene rings is 2. The third-order valence-electron chi connectivity index (χ3n) is 5.86. The maximum Gasteiger partial charge on any atom is 0.254 e. The van der Waals surface area contributed by atoms with Crippen LogP contribution < -0.4 is 4.72 Å². The van der Waals surface area contributed by atoms with Crippen LogP contribution in [0, 0.1) is 0 Å². The van der Waals surface area contributed by atoms with Crippen molar-refractivity contribution in [3.8, 4) is 32.2 Å². The first-order chi connectivity index (χ1) is 17.1. The largest absolute Gasteiger partial charge is 0.444 e. The first-order valence-corrected chi connectivity index (χ1v) is 12.6. The van der Waals surface area contributed by atoms with Crippen molar-refractivity contribution in [2.24, 2.45) is 0 Å². The first kappa shape index (κ1) is 21.6. The molecule has 0 saturated carbocycles. The molecule has 3 aromatic heterocycles. The fourth-order valence-corrected chi connectivity index (χ4v) is 5.66. The molecular formula is C27H20N4O2S2. The number of nitrogens with zero attached hydrogens (tertiary/aromatic N) is 3. The first-order valence-electron chi connectivity index (χ1n) is 11.0. The topological polar surface area (TPSA) is 71.3 Å². The van der Waals surface area contributed by atoms with Crippen LogP contribution in [-0.4, -0.2) is 27.8 Å². The van der Waals surface area contributed by atoms with Gasteiger partial charge in [-0.15, -0.1) is 11.3 Å². The predicted molar refractivity (Wildman–Crippen MR) is 140 cm³/mol. The van der Waals surface area contributed by atoms with Crippen molar-refractivity contribution in [3.05, 3.63) is 96.8 Å². The van der Waals surface area contributed by atoms with Crippen molar-refractivity contribution in [1.29, 1.82) is 0 Å². The fourth-order valence-electron chi connectivity index (χ4n) is 4.06. The highest BCUT2D eigenvalue weighted by Crippen LogP contribution is 2.37. The van der Waals surface area contributed by atoms with Crippen LogP contribution in [0.2, 0.25) is 0 Å². The van der Waals surface area contributed by atoms with Crippen molar-refractivity contribution in [3.63, 3.8) is 0 Å².